The summed E-state index contributed by atoms with van der Waals surface area (Å²) in [7, 11) is 0. The fourth-order valence-corrected chi connectivity index (χ4v) is 2.49. The van der Waals surface area contributed by atoms with Gasteiger partial charge in [0.25, 0.3) is 0 Å². The number of rotatable bonds is 2. The van der Waals surface area contributed by atoms with Crippen LogP contribution in [0.4, 0.5) is 9.18 Å². The van der Waals surface area contributed by atoms with Crippen LogP contribution < -0.4 is 0 Å². The number of halogens is 1. The zero-order valence-electron chi connectivity index (χ0n) is 11.6. The second-order valence-corrected chi connectivity index (χ2v) is 6.67. The molecule has 2 unspecified atom stereocenters. The van der Waals surface area contributed by atoms with Crippen LogP contribution in [0.5, 0.6) is 0 Å². The van der Waals surface area contributed by atoms with Gasteiger partial charge in [0.1, 0.15) is 11.8 Å². The number of piperidine rings is 1. The molecule has 3 nitrogen and oxygen atoms in total. The van der Waals surface area contributed by atoms with Crippen LogP contribution in [0.3, 0.4) is 0 Å². The third-order valence-electron chi connectivity index (χ3n) is 3.66. The molecule has 0 aromatic heterocycles. The molecule has 0 bridgehead atoms. The highest BCUT2D eigenvalue weighted by Gasteiger charge is 2.36. The maximum Gasteiger partial charge on any atom is 0.410 e. The summed E-state index contributed by atoms with van der Waals surface area (Å²) in [6, 6.07) is 0. The lowest BCUT2D eigenvalue weighted by Crippen LogP contribution is -2.46. The Hall–Kier alpha value is -0.800. The first kappa shape index (κ1) is 13.6. The van der Waals surface area contributed by atoms with E-state index in [9.17, 15) is 9.18 Å². The Balaban J connectivity index is 1.81. The predicted octanol–water partition coefficient (Wildman–Crippen LogP) is 3.38. The zero-order valence-corrected chi connectivity index (χ0v) is 11.6. The summed E-state index contributed by atoms with van der Waals surface area (Å²) in [5.41, 5.74) is -0.506. The monoisotopic (exact) mass is 257 g/mol. The molecular formula is C14H24FNO2. The number of nitrogens with zero attached hydrogens (tertiary/aromatic N) is 1. The van der Waals surface area contributed by atoms with E-state index < -0.39 is 11.8 Å². The molecule has 1 amide bonds. The molecule has 0 aromatic rings. The van der Waals surface area contributed by atoms with Gasteiger partial charge < -0.3 is 9.64 Å². The average molecular weight is 257 g/mol. The maximum absolute atomic E-state index is 14.0. The number of likely N-dealkylation sites (tertiary alicyclic amines) is 1. The van der Waals surface area contributed by atoms with E-state index in [1.165, 1.54) is 17.7 Å². The van der Waals surface area contributed by atoms with Crippen LogP contribution >= 0.6 is 0 Å². The average Bonchev–Trinajstić information content (AvgIpc) is 3.02. The lowest BCUT2D eigenvalue weighted by Gasteiger charge is -2.35. The lowest BCUT2D eigenvalue weighted by molar-refractivity contribution is 0.00419. The molecule has 1 saturated carbocycles. The largest absolute Gasteiger partial charge is 0.444 e. The number of ether oxygens (including phenoxy) is 1. The van der Waals surface area contributed by atoms with Gasteiger partial charge in [-0.3, -0.25) is 0 Å². The van der Waals surface area contributed by atoms with Crippen LogP contribution in [0.15, 0.2) is 0 Å². The van der Waals surface area contributed by atoms with Crippen molar-refractivity contribution in [3.8, 4) is 0 Å². The molecule has 0 radical (unpaired) electrons. The summed E-state index contributed by atoms with van der Waals surface area (Å²) in [5.74, 6) is 0.900. The minimum absolute atomic E-state index is 0.149. The molecule has 0 spiro atoms. The Kier molecular flexibility index (Phi) is 3.83. The molecule has 1 heterocycles. The van der Waals surface area contributed by atoms with Crippen molar-refractivity contribution in [2.45, 2.75) is 58.2 Å². The van der Waals surface area contributed by atoms with E-state index in [1.54, 1.807) is 0 Å². The fourth-order valence-electron chi connectivity index (χ4n) is 2.49. The van der Waals surface area contributed by atoms with Gasteiger partial charge in [-0.1, -0.05) is 12.8 Å². The summed E-state index contributed by atoms with van der Waals surface area (Å²) in [5, 5.41) is 0. The highest BCUT2D eigenvalue weighted by molar-refractivity contribution is 5.68. The molecule has 0 N–H and O–H groups in total. The van der Waals surface area contributed by atoms with Crippen molar-refractivity contribution in [3.05, 3.63) is 0 Å². The molecule has 2 fully saturated rings. The number of alkyl halides is 1. The summed E-state index contributed by atoms with van der Waals surface area (Å²) in [4.78, 5) is 13.4. The predicted molar refractivity (Wildman–Crippen MR) is 68.2 cm³/mol. The SMILES string of the molecule is CC(C)(C)OC(=O)N1CCC(CC2CC2)C(F)C1. The molecule has 4 heteroatoms. The fraction of sp³-hybridized carbons (Fsp3) is 0.929. The number of carbonyl (C=O) groups excluding carboxylic acids is 1. The first-order valence-corrected chi connectivity index (χ1v) is 6.97. The summed E-state index contributed by atoms with van der Waals surface area (Å²) < 4.78 is 19.3. The van der Waals surface area contributed by atoms with Gasteiger partial charge in [-0.15, -0.1) is 0 Å². The smallest absolute Gasteiger partial charge is 0.410 e. The second kappa shape index (κ2) is 5.06. The van der Waals surface area contributed by atoms with E-state index in [-0.39, 0.29) is 18.6 Å². The highest BCUT2D eigenvalue weighted by atomic mass is 19.1. The number of hydrogen-bond donors (Lipinski definition) is 0. The molecule has 2 rings (SSSR count). The van der Waals surface area contributed by atoms with Crippen molar-refractivity contribution in [1.29, 1.82) is 0 Å². The van der Waals surface area contributed by atoms with Gasteiger partial charge in [0.05, 0.1) is 6.54 Å². The number of carbonyl (C=O) groups is 1. The van der Waals surface area contributed by atoms with Crippen molar-refractivity contribution in [3.63, 3.8) is 0 Å². The molecule has 18 heavy (non-hydrogen) atoms. The Morgan fingerprint density at radius 3 is 2.50 bits per heavy atom. The van der Waals surface area contributed by atoms with Gasteiger partial charge in [-0.25, -0.2) is 9.18 Å². The number of amides is 1. The lowest BCUT2D eigenvalue weighted by atomic mass is 9.90. The van der Waals surface area contributed by atoms with E-state index in [0.29, 0.717) is 6.54 Å². The molecule has 0 aromatic carbocycles. The summed E-state index contributed by atoms with van der Waals surface area (Å²) in [6.45, 7) is 6.33. The Bertz CT molecular complexity index is 309. The molecule has 1 aliphatic heterocycles. The molecule has 1 aliphatic carbocycles. The van der Waals surface area contributed by atoms with E-state index >= 15 is 0 Å². The minimum atomic E-state index is -0.883. The van der Waals surface area contributed by atoms with Crippen molar-refractivity contribution < 1.29 is 13.9 Å². The van der Waals surface area contributed by atoms with Crippen molar-refractivity contribution in [2.24, 2.45) is 11.8 Å². The van der Waals surface area contributed by atoms with Crippen molar-refractivity contribution in [2.75, 3.05) is 13.1 Å². The molecule has 2 aliphatic rings. The summed E-state index contributed by atoms with van der Waals surface area (Å²) >= 11 is 0. The molecule has 2 atom stereocenters. The molecule has 104 valence electrons. The van der Waals surface area contributed by atoms with Gasteiger partial charge in [-0.2, -0.15) is 0 Å². The third-order valence-corrected chi connectivity index (χ3v) is 3.66. The Morgan fingerprint density at radius 2 is 2.00 bits per heavy atom. The van der Waals surface area contributed by atoms with Crippen molar-refractivity contribution >= 4 is 6.09 Å². The first-order chi connectivity index (χ1) is 8.35. The minimum Gasteiger partial charge on any atom is -0.444 e. The topological polar surface area (TPSA) is 29.5 Å². The van der Waals surface area contributed by atoms with Gasteiger partial charge in [0.2, 0.25) is 0 Å². The van der Waals surface area contributed by atoms with Crippen molar-refractivity contribution in [1.82, 2.24) is 4.90 Å². The Labute approximate surface area is 109 Å². The van der Waals surface area contributed by atoms with E-state index in [1.807, 2.05) is 20.8 Å². The number of hydrogen-bond acceptors (Lipinski definition) is 2. The maximum atomic E-state index is 14.0. The second-order valence-electron chi connectivity index (χ2n) is 6.67. The summed E-state index contributed by atoms with van der Waals surface area (Å²) in [6.07, 6.45) is 3.04. The van der Waals surface area contributed by atoms with Crippen LogP contribution in [0.25, 0.3) is 0 Å². The first-order valence-electron chi connectivity index (χ1n) is 6.97. The molecular weight excluding hydrogens is 233 g/mol. The van der Waals surface area contributed by atoms with E-state index in [4.69, 9.17) is 4.74 Å². The van der Waals surface area contributed by atoms with E-state index in [2.05, 4.69) is 0 Å². The normalized spacial score (nSPS) is 29.2. The highest BCUT2D eigenvalue weighted by Crippen LogP contribution is 2.39. The molecule has 1 saturated heterocycles. The van der Waals surface area contributed by atoms with Gasteiger partial charge in [0.15, 0.2) is 0 Å². The van der Waals surface area contributed by atoms with E-state index in [0.717, 1.165) is 18.8 Å². The van der Waals surface area contributed by atoms with Crippen LogP contribution in [-0.2, 0) is 4.74 Å². The van der Waals surface area contributed by atoms with Crippen LogP contribution in [0, 0.1) is 11.8 Å². The van der Waals surface area contributed by atoms with Crippen LogP contribution in [-0.4, -0.2) is 35.9 Å². The zero-order chi connectivity index (χ0) is 13.3. The van der Waals surface area contributed by atoms with Gasteiger partial charge >= 0.3 is 6.09 Å². The Morgan fingerprint density at radius 1 is 1.33 bits per heavy atom. The standard InChI is InChI=1S/C14H24FNO2/c1-14(2,3)18-13(17)16-7-6-11(12(15)9-16)8-10-4-5-10/h10-12H,4-9H2,1-3H3. The third kappa shape index (κ3) is 3.85. The quantitative estimate of drug-likeness (QED) is 0.759. The van der Waals surface area contributed by atoms with Gasteiger partial charge in [-0.05, 0) is 45.4 Å². The van der Waals surface area contributed by atoms with Crippen LogP contribution in [0.1, 0.15) is 46.5 Å². The van der Waals surface area contributed by atoms with Crippen LogP contribution in [0.2, 0.25) is 0 Å². The van der Waals surface area contributed by atoms with Gasteiger partial charge in [0, 0.05) is 6.54 Å².